The monoisotopic (exact) mass is 462 g/mol. The summed E-state index contributed by atoms with van der Waals surface area (Å²) in [6.07, 6.45) is 4.91. The fraction of sp³-hybridized carbons (Fsp3) is 0.368. The van der Waals surface area contributed by atoms with Crippen molar-refractivity contribution in [3.8, 4) is 6.07 Å². The van der Waals surface area contributed by atoms with Crippen LogP contribution in [0.4, 0.5) is 10.2 Å². The molecule has 144 valence electrons. The van der Waals surface area contributed by atoms with Gasteiger partial charge in [-0.05, 0) is 46.0 Å². The van der Waals surface area contributed by atoms with E-state index in [9.17, 15) is 9.65 Å². The average Bonchev–Trinajstić information content (AvgIpc) is 2.95. The van der Waals surface area contributed by atoms with Crippen molar-refractivity contribution in [3.63, 3.8) is 0 Å². The highest BCUT2D eigenvalue weighted by Gasteiger charge is 2.20. The van der Waals surface area contributed by atoms with Gasteiger partial charge in [0, 0.05) is 6.54 Å². The van der Waals surface area contributed by atoms with Gasteiger partial charge in [0.25, 0.3) is 0 Å². The number of nitriles is 1. The number of imidazole rings is 1. The summed E-state index contributed by atoms with van der Waals surface area (Å²) in [5, 5.41) is 12.7. The number of benzene rings is 1. The lowest BCUT2D eigenvalue weighted by atomic mass is 9.83. The average molecular weight is 464 g/mol. The molecular weight excluding hydrogens is 447 g/mol. The summed E-state index contributed by atoms with van der Waals surface area (Å²) in [5.41, 5.74) is 1.82. The molecule has 0 saturated heterocycles. The highest BCUT2D eigenvalue weighted by atomic mass is 79.9. The predicted octanol–water partition coefficient (Wildman–Crippen LogP) is 4.90. The Bertz CT molecular complexity index is 1070. The van der Waals surface area contributed by atoms with E-state index in [0.717, 1.165) is 24.4 Å². The Labute approximate surface area is 174 Å². The van der Waals surface area contributed by atoms with E-state index in [4.69, 9.17) is 11.6 Å². The number of fused-ring (bicyclic) bond motifs is 1. The van der Waals surface area contributed by atoms with E-state index < -0.39 is 5.82 Å². The molecule has 1 aromatic carbocycles. The Balaban J connectivity index is 1.69. The first-order valence-electron chi connectivity index (χ1n) is 9.07. The van der Waals surface area contributed by atoms with Crippen LogP contribution in [0.25, 0.3) is 11.2 Å². The molecule has 4 rings (SSSR count). The first kappa shape index (κ1) is 19.1. The summed E-state index contributed by atoms with van der Waals surface area (Å²) in [4.78, 5) is 13.0. The molecule has 1 aliphatic rings. The van der Waals surface area contributed by atoms with Gasteiger partial charge in [-0.1, -0.05) is 36.9 Å². The molecule has 1 fully saturated rings. The third-order valence-corrected chi connectivity index (χ3v) is 5.96. The molecule has 1 N–H and O–H groups in total. The zero-order valence-corrected chi connectivity index (χ0v) is 17.3. The highest BCUT2D eigenvalue weighted by Crippen LogP contribution is 2.30. The number of nitrogens with one attached hydrogen (secondary N) is 1. The van der Waals surface area contributed by atoms with Crippen LogP contribution >= 0.6 is 27.5 Å². The van der Waals surface area contributed by atoms with Crippen molar-refractivity contribution in [2.45, 2.75) is 32.2 Å². The molecule has 0 unspecified atom stereocenters. The summed E-state index contributed by atoms with van der Waals surface area (Å²) in [7, 11) is 0. The van der Waals surface area contributed by atoms with Crippen LogP contribution in [-0.2, 0) is 6.54 Å². The fourth-order valence-corrected chi connectivity index (χ4v) is 3.91. The second kappa shape index (κ2) is 8.02. The molecule has 0 bridgehead atoms. The van der Waals surface area contributed by atoms with Gasteiger partial charge in [-0.2, -0.15) is 15.2 Å². The number of anilines is 1. The van der Waals surface area contributed by atoms with E-state index in [0.29, 0.717) is 28.3 Å². The third-order valence-electron chi connectivity index (χ3n) is 5.05. The lowest BCUT2D eigenvalue weighted by Gasteiger charge is -2.25. The molecule has 0 radical (unpaired) electrons. The van der Waals surface area contributed by atoms with E-state index >= 15 is 0 Å². The van der Waals surface area contributed by atoms with E-state index in [1.165, 1.54) is 31.4 Å². The topological polar surface area (TPSA) is 79.4 Å². The van der Waals surface area contributed by atoms with Crippen LogP contribution in [0.5, 0.6) is 0 Å². The van der Waals surface area contributed by atoms with Crippen LogP contribution < -0.4 is 5.32 Å². The second-order valence-electron chi connectivity index (χ2n) is 6.91. The van der Waals surface area contributed by atoms with Crippen molar-refractivity contribution in [1.82, 2.24) is 19.5 Å². The van der Waals surface area contributed by atoms with E-state index in [1.54, 1.807) is 6.07 Å². The first-order chi connectivity index (χ1) is 13.5. The maximum Gasteiger partial charge on any atom is 0.236 e. The predicted molar refractivity (Wildman–Crippen MR) is 109 cm³/mol. The van der Waals surface area contributed by atoms with Crippen LogP contribution in [0.2, 0.25) is 5.02 Å². The largest absolute Gasteiger partial charge is 0.368 e. The third kappa shape index (κ3) is 3.82. The van der Waals surface area contributed by atoms with Crippen LogP contribution in [0, 0.1) is 23.1 Å². The highest BCUT2D eigenvalue weighted by molar-refractivity contribution is 9.10. The van der Waals surface area contributed by atoms with Gasteiger partial charge in [0.15, 0.2) is 16.2 Å². The molecule has 9 heteroatoms. The molecule has 6 nitrogen and oxygen atoms in total. The minimum Gasteiger partial charge on any atom is -0.368 e. The Morgan fingerprint density at radius 1 is 1.32 bits per heavy atom. The lowest BCUT2D eigenvalue weighted by molar-refractivity contribution is 0.303. The first-order valence-corrected chi connectivity index (χ1v) is 10.2. The van der Waals surface area contributed by atoms with Gasteiger partial charge < -0.3 is 9.88 Å². The zero-order valence-electron chi connectivity index (χ0n) is 14.9. The van der Waals surface area contributed by atoms with Gasteiger partial charge >= 0.3 is 0 Å². The molecule has 0 spiro atoms. The number of hydrogen-bond donors (Lipinski definition) is 1. The minimum atomic E-state index is -0.471. The standard InChI is InChI=1S/C19H17BrClFN6/c20-19-27-18-16(28(19)10-12-4-5-13(21)14(22)8-12)17(25-15(9-23)26-18)24-7-6-11-2-1-3-11/h4-5,8,11H,1-3,6-7,10H2,(H,24,25,26). The fourth-order valence-electron chi connectivity index (χ4n) is 3.32. The normalized spacial score (nSPS) is 14.1. The molecular formula is C19H17BrClFN6. The van der Waals surface area contributed by atoms with Gasteiger partial charge in [0.2, 0.25) is 5.82 Å². The number of nitrogens with zero attached hydrogens (tertiary/aromatic N) is 5. The van der Waals surface area contributed by atoms with Crippen LogP contribution in [0.3, 0.4) is 0 Å². The van der Waals surface area contributed by atoms with Crippen molar-refractivity contribution in [2.24, 2.45) is 5.92 Å². The van der Waals surface area contributed by atoms with Crippen LogP contribution in [0.15, 0.2) is 22.9 Å². The molecule has 1 saturated carbocycles. The SMILES string of the molecule is N#Cc1nc(NCCC2CCC2)c2c(n1)nc(Br)n2Cc1ccc(Cl)c(F)c1. The molecule has 2 aromatic heterocycles. The summed E-state index contributed by atoms with van der Waals surface area (Å²) < 4.78 is 16.2. The summed E-state index contributed by atoms with van der Waals surface area (Å²) >= 11 is 9.23. The smallest absolute Gasteiger partial charge is 0.236 e. The van der Waals surface area contributed by atoms with Crippen molar-refractivity contribution in [1.29, 1.82) is 5.26 Å². The Morgan fingerprint density at radius 2 is 2.14 bits per heavy atom. The van der Waals surface area contributed by atoms with Crippen molar-refractivity contribution >= 4 is 44.5 Å². The second-order valence-corrected chi connectivity index (χ2v) is 8.02. The van der Waals surface area contributed by atoms with Crippen molar-refractivity contribution in [3.05, 3.63) is 45.2 Å². The maximum atomic E-state index is 13.8. The molecule has 0 atom stereocenters. The number of aromatic nitrogens is 4. The van der Waals surface area contributed by atoms with Crippen LogP contribution in [-0.4, -0.2) is 26.1 Å². The molecule has 0 aliphatic heterocycles. The Hall–Kier alpha value is -2.24. The molecule has 28 heavy (non-hydrogen) atoms. The number of rotatable bonds is 6. The maximum absolute atomic E-state index is 13.8. The number of halogens is 3. The van der Waals surface area contributed by atoms with Crippen molar-refractivity contribution < 1.29 is 4.39 Å². The van der Waals surface area contributed by atoms with E-state index in [2.05, 4.69) is 36.2 Å². The Morgan fingerprint density at radius 3 is 2.82 bits per heavy atom. The van der Waals surface area contributed by atoms with Gasteiger partial charge in [-0.15, -0.1) is 0 Å². The van der Waals surface area contributed by atoms with E-state index in [-0.39, 0.29) is 10.8 Å². The molecule has 3 aromatic rings. The molecule has 2 heterocycles. The van der Waals surface area contributed by atoms with E-state index in [1.807, 2.05) is 10.6 Å². The van der Waals surface area contributed by atoms with Crippen LogP contribution in [0.1, 0.15) is 37.1 Å². The summed E-state index contributed by atoms with van der Waals surface area (Å²) in [5.74, 6) is 0.914. The Kier molecular flexibility index (Phi) is 5.47. The summed E-state index contributed by atoms with van der Waals surface area (Å²) in [6.45, 7) is 1.12. The number of hydrogen-bond acceptors (Lipinski definition) is 5. The molecule has 1 aliphatic carbocycles. The minimum absolute atomic E-state index is 0.0633. The zero-order chi connectivity index (χ0) is 19.7. The van der Waals surface area contributed by atoms with Gasteiger partial charge in [0.05, 0.1) is 11.6 Å². The van der Waals surface area contributed by atoms with Gasteiger partial charge in [0.1, 0.15) is 17.4 Å². The quantitative estimate of drug-likeness (QED) is 0.526. The van der Waals surface area contributed by atoms with Crippen molar-refractivity contribution in [2.75, 3.05) is 11.9 Å². The molecule has 0 amide bonds. The van der Waals surface area contributed by atoms with Gasteiger partial charge in [-0.3, -0.25) is 0 Å². The lowest BCUT2D eigenvalue weighted by Crippen LogP contribution is -2.16. The summed E-state index contributed by atoms with van der Waals surface area (Å²) in [6, 6.07) is 6.67. The van der Waals surface area contributed by atoms with Gasteiger partial charge in [-0.25, -0.2) is 9.37 Å².